The van der Waals surface area contributed by atoms with E-state index in [1.165, 1.54) is 19.2 Å². The second-order valence-electron chi connectivity index (χ2n) is 14.9. The van der Waals surface area contributed by atoms with Gasteiger partial charge in [-0.2, -0.15) is 10.2 Å². The zero-order valence-electron chi connectivity index (χ0n) is 31.2. The van der Waals surface area contributed by atoms with Crippen molar-refractivity contribution in [2.45, 2.75) is 30.3 Å². The van der Waals surface area contributed by atoms with Crippen molar-refractivity contribution in [1.82, 2.24) is 0 Å². The standard InChI is InChI=1S/C47H36N4O5/c1-29-21-25-32(26-22-29)39-44(42(53)55-3)41(52)46(43(54)56-4)45(40(33-27-23-30(2)24-28-33)49-50(46)34-15-7-5-8-16-34)36-19-11-13-31-14-12-20-37(38(31)36)47(44,45)51(48-39)35-17-9-6-10-18-35/h5-28H,1-4H3. The van der Waals surface area contributed by atoms with Crippen molar-refractivity contribution in [3.8, 4) is 0 Å². The fourth-order valence-electron chi connectivity index (χ4n) is 10.4. The van der Waals surface area contributed by atoms with Crippen molar-refractivity contribution in [2.24, 2.45) is 15.6 Å². The quantitative estimate of drug-likeness (QED) is 0.130. The molecule has 0 bridgehead atoms. The molecule has 4 unspecified atom stereocenters. The number of methoxy groups -OCH3 is 2. The van der Waals surface area contributed by atoms with Crippen LogP contribution in [0.3, 0.4) is 0 Å². The van der Waals surface area contributed by atoms with Crippen molar-refractivity contribution in [1.29, 1.82) is 0 Å². The Bertz CT molecular complexity index is 2710. The first-order valence-corrected chi connectivity index (χ1v) is 18.5. The number of hydrogen-bond donors (Lipinski definition) is 0. The summed E-state index contributed by atoms with van der Waals surface area (Å²) in [7, 11) is 2.57. The maximum atomic E-state index is 17.1. The zero-order valence-corrected chi connectivity index (χ0v) is 31.2. The molecule has 9 heteroatoms. The van der Waals surface area contributed by atoms with E-state index in [9.17, 15) is 0 Å². The number of nitrogens with zero attached hydrogens (tertiary/aromatic N) is 4. The summed E-state index contributed by atoms with van der Waals surface area (Å²) in [6.07, 6.45) is 0. The molecule has 2 aliphatic heterocycles. The molecule has 0 saturated heterocycles. The number of ether oxygens (including phenoxy) is 2. The molecule has 56 heavy (non-hydrogen) atoms. The van der Waals surface area contributed by atoms with Gasteiger partial charge in [0.1, 0.15) is 11.0 Å². The van der Waals surface area contributed by atoms with Gasteiger partial charge in [0, 0.05) is 0 Å². The fraction of sp³-hybridized carbons (Fsp3) is 0.170. The first-order chi connectivity index (χ1) is 27.3. The van der Waals surface area contributed by atoms with Crippen LogP contribution >= 0.6 is 0 Å². The van der Waals surface area contributed by atoms with Gasteiger partial charge in [0.05, 0.1) is 37.0 Å². The highest BCUT2D eigenvalue weighted by Gasteiger charge is 2.99. The van der Waals surface area contributed by atoms with E-state index < -0.39 is 39.6 Å². The van der Waals surface area contributed by atoms with Crippen LogP contribution in [0.1, 0.15) is 33.4 Å². The summed E-state index contributed by atoms with van der Waals surface area (Å²) < 4.78 is 11.8. The predicted molar refractivity (Wildman–Crippen MR) is 215 cm³/mol. The Hall–Kier alpha value is -6.87. The summed E-state index contributed by atoms with van der Waals surface area (Å²) in [6, 6.07) is 45.9. The molecule has 0 radical (unpaired) electrons. The Labute approximate surface area is 323 Å². The minimum absolute atomic E-state index is 0.163. The van der Waals surface area contributed by atoms with Crippen molar-refractivity contribution < 1.29 is 23.9 Å². The number of aryl methyl sites for hydroxylation is 2. The van der Waals surface area contributed by atoms with E-state index in [0.717, 1.165) is 21.9 Å². The van der Waals surface area contributed by atoms with Gasteiger partial charge in [0.25, 0.3) is 0 Å². The summed E-state index contributed by atoms with van der Waals surface area (Å²) >= 11 is 0. The van der Waals surface area contributed by atoms with Crippen molar-refractivity contribution in [3.63, 3.8) is 0 Å². The van der Waals surface area contributed by atoms with Gasteiger partial charge in [-0.15, -0.1) is 0 Å². The van der Waals surface area contributed by atoms with Crippen LogP contribution in [0.2, 0.25) is 0 Å². The first-order valence-electron chi connectivity index (χ1n) is 18.5. The minimum atomic E-state index is -2.33. The van der Waals surface area contributed by atoms with Crippen molar-refractivity contribution in [2.75, 3.05) is 24.2 Å². The van der Waals surface area contributed by atoms with E-state index in [1.807, 2.05) is 164 Å². The van der Waals surface area contributed by atoms with Crippen LogP contribution in [-0.2, 0) is 34.8 Å². The van der Waals surface area contributed by atoms with Gasteiger partial charge in [-0.25, -0.2) is 9.80 Å². The monoisotopic (exact) mass is 736 g/mol. The van der Waals surface area contributed by atoms with E-state index in [0.29, 0.717) is 39.3 Å². The van der Waals surface area contributed by atoms with Crippen LogP contribution in [0, 0.1) is 19.3 Å². The number of para-hydroxylation sites is 2. The molecule has 10 rings (SSSR count). The number of carbonyl (C=O) groups is 3. The van der Waals surface area contributed by atoms with E-state index in [1.54, 1.807) is 0 Å². The molecule has 2 aliphatic carbocycles. The molecule has 4 atom stereocenters. The van der Waals surface area contributed by atoms with Crippen LogP contribution in [-0.4, -0.2) is 48.9 Å². The molecular formula is C47H36N4O5. The Morgan fingerprint density at radius 2 is 1.05 bits per heavy atom. The van der Waals surface area contributed by atoms with Gasteiger partial charge in [-0.05, 0) is 71.1 Å². The van der Waals surface area contributed by atoms with Gasteiger partial charge in [-0.1, -0.05) is 132 Å². The normalized spacial score (nSPS) is 25.4. The molecule has 274 valence electrons. The van der Waals surface area contributed by atoms with Crippen LogP contribution in [0.5, 0.6) is 0 Å². The van der Waals surface area contributed by atoms with E-state index in [4.69, 9.17) is 19.7 Å². The second-order valence-corrected chi connectivity index (χ2v) is 14.9. The van der Waals surface area contributed by atoms with Gasteiger partial charge >= 0.3 is 11.9 Å². The number of ketones is 1. The van der Waals surface area contributed by atoms with Crippen molar-refractivity contribution in [3.05, 3.63) is 179 Å². The Kier molecular flexibility index (Phi) is 6.96. The minimum Gasteiger partial charge on any atom is -0.468 e. The smallest absolute Gasteiger partial charge is 0.343 e. The molecule has 6 aromatic rings. The number of Topliss-reactive ketones (excluding diaryl/α,β-unsaturated/α-hetero) is 1. The molecule has 2 spiro atoms. The third-order valence-electron chi connectivity index (χ3n) is 12.4. The van der Waals surface area contributed by atoms with Crippen LogP contribution in [0.15, 0.2) is 156 Å². The maximum Gasteiger partial charge on any atom is 0.343 e. The lowest BCUT2D eigenvalue weighted by Gasteiger charge is -2.50. The second kappa shape index (κ2) is 11.6. The summed E-state index contributed by atoms with van der Waals surface area (Å²) in [5.74, 6) is -2.46. The molecule has 1 fully saturated rings. The number of hydrazone groups is 2. The number of benzene rings is 6. The topological polar surface area (TPSA) is 101 Å². The van der Waals surface area contributed by atoms with Crippen LogP contribution in [0.4, 0.5) is 11.4 Å². The summed E-state index contributed by atoms with van der Waals surface area (Å²) in [5, 5.41) is 15.9. The number of rotatable bonds is 6. The summed E-state index contributed by atoms with van der Waals surface area (Å²) in [5.41, 5.74) is -2.14. The maximum absolute atomic E-state index is 17.1. The highest BCUT2D eigenvalue weighted by Crippen LogP contribution is 2.79. The lowest BCUT2D eigenvalue weighted by atomic mass is 9.54. The third kappa shape index (κ3) is 3.55. The molecule has 4 aliphatic rings. The Morgan fingerprint density at radius 3 is 1.61 bits per heavy atom. The number of carbonyl (C=O) groups excluding carboxylic acids is 3. The van der Waals surface area contributed by atoms with Gasteiger partial charge in [0.2, 0.25) is 11.0 Å². The first kappa shape index (κ1) is 33.7. The number of hydrogen-bond acceptors (Lipinski definition) is 9. The number of esters is 2. The highest BCUT2D eigenvalue weighted by atomic mass is 16.5. The zero-order chi connectivity index (χ0) is 38.6. The Balaban J connectivity index is 1.51. The SMILES string of the molecule is COC(=O)C12C(=O)C3(C(=O)OC)N(c4ccccc4)N=C(c4ccc(C)cc4)C34c3cccc5cccc(c35)C14N(c1ccccc1)N=C2c1ccc(C)cc1. The van der Waals surface area contributed by atoms with Crippen molar-refractivity contribution >= 4 is 51.3 Å². The largest absolute Gasteiger partial charge is 0.468 e. The predicted octanol–water partition coefficient (Wildman–Crippen LogP) is 7.41. The molecule has 6 aromatic carbocycles. The van der Waals surface area contributed by atoms with Gasteiger partial charge < -0.3 is 9.47 Å². The molecule has 9 nitrogen and oxygen atoms in total. The average molecular weight is 737 g/mol. The number of anilines is 2. The lowest BCUT2D eigenvalue weighted by molar-refractivity contribution is -0.157. The van der Waals surface area contributed by atoms with E-state index >= 15 is 14.4 Å². The summed E-state index contributed by atoms with van der Waals surface area (Å²) in [6.45, 7) is 3.97. The molecular weight excluding hydrogens is 701 g/mol. The van der Waals surface area contributed by atoms with E-state index in [2.05, 4.69) is 0 Å². The molecule has 0 aromatic heterocycles. The molecule has 0 N–H and O–H groups in total. The third-order valence-corrected chi connectivity index (χ3v) is 12.4. The van der Waals surface area contributed by atoms with Crippen LogP contribution in [0.25, 0.3) is 10.8 Å². The molecule has 0 amide bonds. The Morgan fingerprint density at radius 1 is 0.554 bits per heavy atom. The molecule has 2 heterocycles. The van der Waals surface area contributed by atoms with Gasteiger partial charge in [-0.3, -0.25) is 14.6 Å². The molecule has 1 saturated carbocycles. The lowest BCUT2D eigenvalue weighted by Crippen LogP contribution is -2.71. The summed E-state index contributed by atoms with van der Waals surface area (Å²) in [4.78, 5) is 48.5. The highest BCUT2D eigenvalue weighted by molar-refractivity contribution is 6.45. The fourth-order valence-corrected chi connectivity index (χ4v) is 10.4. The average Bonchev–Trinajstić information content (AvgIpc) is 3.88. The van der Waals surface area contributed by atoms with E-state index in [-0.39, 0.29) is 5.71 Å². The van der Waals surface area contributed by atoms with Crippen LogP contribution < -0.4 is 10.0 Å². The van der Waals surface area contributed by atoms with Gasteiger partial charge in [0.15, 0.2) is 5.78 Å².